The first-order chi connectivity index (χ1) is 6.02. The summed E-state index contributed by atoms with van der Waals surface area (Å²) in [7, 11) is 0. The summed E-state index contributed by atoms with van der Waals surface area (Å²) < 4.78 is 13.5. The van der Waals surface area contributed by atoms with Gasteiger partial charge in [0, 0.05) is 10.0 Å². The van der Waals surface area contributed by atoms with Gasteiger partial charge in [-0.15, -0.1) is 0 Å². The van der Waals surface area contributed by atoms with Gasteiger partial charge in [-0.05, 0) is 12.1 Å². The number of carboxylic acids is 1. The van der Waals surface area contributed by atoms with E-state index < -0.39 is 17.9 Å². The van der Waals surface area contributed by atoms with E-state index in [1.54, 1.807) is 0 Å². The second-order valence-electron chi connectivity index (χ2n) is 2.39. The minimum atomic E-state index is -1.92. The van der Waals surface area contributed by atoms with E-state index in [2.05, 4.69) is 15.9 Å². The summed E-state index contributed by atoms with van der Waals surface area (Å²) in [5.74, 6) is -2.51. The molecule has 0 spiro atoms. The van der Waals surface area contributed by atoms with Gasteiger partial charge in [0.15, 0.2) is 0 Å². The molecule has 0 unspecified atom stereocenters. The highest BCUT2D eigenvalue weighted by molar-refractivity contribution is 9.10. The molecule has 1 aromatic carbocycles. The Bertz CT molecular complexity index is 340. The average molecular weight is 248 g/mol. The van der Waals surface area contributed by atoms with Crippen LogP contribution in [0, 0.1) is 5.82 Å². The molecule has 1 N–H and O–H groups in total. The Hall–Kier alpha value is -0.940. The molecule has 0 amide bonds. The molecule has 1 atom stereocenters. The average Bonchev–Trinajstić information content (AvgIpc) is 2.03. The molecule has 0 radical (unpaired) electrons. The number of carbonyl (C=O) groups excluding carboxylic acids is 1. The Kier molecular flexibility index (Phi) is 3.00. The van der Waals surface area contributed by atoms with Gasteiger partial charge in [0.2, 0.25) is 0 Å². The number of carbonyl (C=O) groups is 1. The summed E-state index contributed by atoms with van der Waals surface area (Å²) in [6, 6.07) is 3.69. The largest absolute Gasteiger partial charge is 0.547 e. The number of aliphatic hydroxyl groups is 1. The molecule has 0 bridgehead atoms. The van der Waals surface area contributed by atoms with Crippen molar-refractivity contribution >= 4 is 21.9 Å². The van der Waals surface area contributed by atoms with E-state index in [9.17, 15) is 14.3 Å². The summed E-state index contributed by atoms with van der Waals surface area (Å²) >= 11 is 3.00. The third-order valence-corrected chi connectivity index (χ3v) is 1.97. The molecular formula is C8H5BrFO3-. The van der Waals surface area contributed by atoms with Crippen LogP contribution in [-0.2, 0) is 4.79 Å². The lowest BCUT2D eigenvalue weighted by atomic mass is 10.1. The van der Waals surface area contributed by atoms with Crippen molar-refractivity contribution in [3.8, 4) is 0 Å². The van der Waals surface area contributed by atoms with Gasteiger partial charge in [-0.3, -0.25) is 0 Å². The summed E-state index contributed by atoms with van der Waals surface area (Å²) in [5, 5.41) is 19.1. The number of benzene rings is 1. The second kappa shape index (κ2) is 3.85. The number of halogens is 2. The van der Waals surface area contributed by atoms with Crippen LogP contribution in [0.3, 0.4) is 0 Å². The van der Waals surface area contributed by atoms with E-state index in [1.807, 2.05) is 0 Å². The molecule has 13 heavy (non-hydrogen) atoms. The Morgan fingerprint density at radius 2 is 2.23 bits per heavy atom. The summed E-state index contributed by atoms with van der Waals surface area (Å²) in [4.78, 5) is 10.2. The molecule has 5 heteroatoms. The maximum absolute atomic E-state index is 13.0. The minimum absolute atomic E-state index is 0.303. The van der Waals surface area contributed by atoms with E-state index in [0.29, 0.717) is 4.47 Å². The van der Waals surface area contributed by atoms with Crippen LogP contribution in [0.2, 0.25) is 0 Å². The zero-order valence-electron chi connectivity index (χ0n) is 6.33. The molecule has 0 aliphatic rings. The van der Waals surface area contributed by atoms with Gasteiger partial charge in [0.1, 0.15) is 11.9 Å². The first-order valence-electron chi connectivity index (χ1n) is 3.36. The molecule has 0 aliphatic carbocycles. The Morgan fingerprint density at radius 3 is 2.69 bits per heavy atom. The number of hydrogen-bond acceptors (Lipinski definition) is 3. The predicted octanol–water partition coefficient (Wildman–Crippen LogP) is 0.371. The normalized spacial score (nSPS) is 12.5. The molecule has 70 valence electrons. The lowest BCUT2D eigenvalue weighted by Gasteiger charge is -2.12. The first-order valence-corrected chi connectivity index (χ1v) is 4.15. The fourth-order valence-corrected chi connectivity index (χ4v) is 1.18. The highest BCUT2D eigenvalue weighted by Crippen LogP contribution is 2.20. The van der Waals surface area contributed by atoms with Crippen LogP contribution >= 0.6 is 15.9 Å². The van der Waals surface area contributed by atoms with Crippen LogP contribution in [0.4, 0.5) is 4.39 Å². The third-order valence-electron chi connectivity index (χ3n) is 1.48. The highest BCUT2D eigenvalue weighted by atomic mass is 79.9. The lowest BCUT2D eigenvalue weighted by Crippen LogP contribution is -2.30. The number of rotatable bonds is 2. The first kappa shape index (κ1) is 10.1. The van der Waals surface area contributed by atoms with E-state index in [0.717, 1.165) is 6.07 Å². The van der Waals surface area contributed by atoms with Gasteiger partial charge >= 0.3 is 0 Å². The van der Waals surface area contributed by atoms with Crippen molar-refractivity contribution in [3.05, 3.63) is 34.1 Å². The molecule has 0 fully saturated rings. The van der Waals surface area contributed by atoms with Crippen molar-refractivity contribution in [3.63, 3.8) is 0 Å². The standard InChI is InChI=1S/C8H6BrFO3/c9-4-1-2-5(6(10)3-4)7(11)8(12)13/h1-3,7,11H,(H,12,13)/p-1/t7-/m0/s1. The smallest absolute Gasteiger partial charge is 0.130 e. The fourth-order valence-electron chi connectivity index (χ4n) is 0.850. The molecule has 3 nitrogen and oxygen atoms in total. The molecule has 0 saturated heterocycles. The molecule has 0 aliphatic heterocycles. The van der Waals surface area contributed by atoms with Crippen molar-refractivity contribution in [2.45, 2.75) is 6.10 Å². The monoisotopic (exact) mass is 247 g/mol. The van der Waals surface area contributed by atoms with Crippen LogP contribution in [-0.4, -0.2) is 11.1 Å². The molecule has 1 rings (SSSR count). The van der Waals surface area contributed by atoms with Crippen molar-refractivity contribution in [2.24, 2.45) is 0 Å². The van der Waals surface area contributed by atoms with Gasteiger partial charge in [-0.1, -0.05) is 22.0 Å². The van der Waals surface area contributed by atoms with Crippen molar-refractivity contribution < 1.29 is 19.4 Å². The van der Waals surface area contributed by atoms with Gasteiger partial charge in [0.25, 0.3) is 0 Å². The summed E-state index contributed by atoms with van der Waals surface area (Å²) in [6.07, 6.45) is -1.92. The SMILES string of the molecule is O=C([O-])[C@@H](O)c1ccc(Br)cc1F. The quantitative estimate of drug-likeness (QED) is 0.822. The van der Waals surface area contributed by atoms with Crippen LogP contribution in [0.25, 0.3) is 0 Å². The van der Waals surface area contributed by atoms with Crippen molar-refractivity contribution in [1.82, 2.24) is 0 Å². The Labute approximate surface area is 81.9 Å². The lowest BCUT2D eigenvalue weighted by molar-refractivity contribution is -0.315. The summed E-state index contributed by atoms with van der Waals surface area (Å²) in [5.41, 5.74) is -0.303. The topological polar surface area (TPSA) is 60.4 Å². The van der Waals surface area contributed by atoms with Crippen LogP contribution in [0.5, 0.6) is 0 Å². The number of aliphatic carboxylic acids is 1. The van der Waals surface area contributed by atoms with Crippen LogP contribution in [0.15, 0.2) is 22.7 Å². The number of aliphatic hydroxyl groups excluding tert-OH is 1. The maximum Gasteiger partial charge on any atom is 0.130 e. The molecule has 0 saturated carbocycles. The van der Waals surface area contributed by atoms with Gasteiger partial charge in [0.05, 0.1) is 5.97 Å². The highest BCUT2D eigenvalue weighted by Gasteiger charge is 2.13. The van der Waals surface area contributed by atoms with E-state index in [-0.39, 0.29) is 5.56 Å². The molecule has 1 aromatic rings. The minimum Gasteiger partial charge on any atom is -0.547 e. The van der Waals surface area contributed by atoms with Gasteiger partial charge in [-0.25, -0.2) is 4.39 Å². The fraction of sp³-hybridized carbons (Fsp3) is 0.125. The zero-order chi connectivity index (χ0) is 10.0. The second-order valence-corrected chi connectivity index (χ2v) is 3.30. The van der Waals surface area contributed by atoms with Crippen molar-refractivity contribution in [2.75, 3.05) is 0 Å². The third kappa shape index (κ3) is 2.26. The van der Waals surface area contributed by atoms with Crippen LogP contribution in [0.1, 0.15) is 11.7 Å². The molecule has 0 heterocycles. The molecular weight excluding hydrogens is 243 g/mol. The van der Waals surface area contributed by atoms with E-state index in [1.165, 1.54) is 12.1 Å². The maximum atomic E-state index is 13.0. The van der Waals surface area contributed by atoms with E-state index in [4.69, 9.17) is 5.11 Å². The van der Waals surface area contributed by atoms with E-state index >= 15 is 0 Å². The Morgan fingerprint density at radius 1 is 1.62 bits per heavy atom. The van der Waals surface area contributed by atoms with Gasteiger partial charge < -0.3 is 15.0 Å². The zero-order valence-corrected chi connectivity index (χ0v) is 7.92. The molecule has 0 aromatic heterocycles. The summed E-state index contributed by atoms with van der Waals surface area (Å²) in [6.45, 7) is 0. The number of carboxylic acid groups (broad SMARTS) is 1. The van der Waals surface area contributed by atoms with Gasteiger partial charge in [-0.2, -0.15) is 0 Å². The Balaban J connectivity index is 3.08. The van der Waals surface area contributed by atoms with Crippen LogP contribution < -0.4 is 5.11 Å². The predicted molar refractivity (Wildman–Crippen MR) is 44.1 cm³/mol. The van der Waals surface area contributed by atoms with Crippen molar-refractivity contribution in [1.29, 1.82) is 0 Å². The number of hydrogen-bond donors (Lipinski definition) is 1.